The third-order valence-corrected chi connectivity index (χ3v) is 5.89. The van der Waals surface area contributed by atoms with Gasteiger partial charge in [0.05, 0.1) is 32.4 Å². The monoisotopic (exact) mass is 426 g/mol. The largest absolute Gasteiger partial charge is 0.321 e. The topological polar surface area (TPSA) is 42.0 Å². The molecule has 28 heavy (non-hydrogen) atoms. The van der Waals surface area contributed by atoms with Crippen molar-refractivity contribution in [3.63, 3.8) is 0 Å². The maximum Gasteiger partial charge on any atom is 0.256 e. The summed E-state index contributed by atoms with van der Waals surface area (Å²) in [4.78, 5) is 19.0. The van der Waals surface area contributed by atoms with Crippen LogP contribution < -0.4 is 5.32 Å². The molecule has 0 radical (unpaired) electrons. The summed E-state index contributed by atoms with van der Waals surface area (Å²) in [5, 5.41) is 6.63. The number of carbonyl (C=O) groups is 1. The fourth-order valence-corrected chi connectivity index (χ4v) is 4.34. The molecule has 0 unspecified atom stereocenters. The Labute approximate surface area is 177 Å². The molecule has 1 N–H and O–H groups in total. The Morgan fingerprint density at radius 3 is 2.61 bits per heavy atom. The summed E-state index contributed by atoms with van der Waals surface area (Å²) in [5.41, 5.74) is 4.79. The van der Waals surface area contributed by atoms with Gasteiger partial charge in [0.25, 0.3) is 5.91 Å². The summed E-state index contributed by atoms with van der Waals surface area (Å²) >= 11 is 13.8. The molecule has 0 aliphatic rings. The lowest BCUT2D eigenvalue weighted by Crippen LogP contribution is -2.13. The van der Waals surface area contributed by atoms with Crippen LogP contribution in [0.4, 0.5) is 5.69 Å². The van der Waals surface area contributed by atoms with Gasteiger partial charge in [0.15, 0.2) is 0 Å². The van der Waals surface area contributed by atoms with Crippen LogP contribution in [0.25, 0.3) is 21.5 Å². The third kappa shape index (κ3) is 3.63. The quantitative estimate of drug-likeness (QED) is 0.378. The van der Waals surface area contributed by atoms with Gasteiger partial charge in [0.1, 0.15) is 0 Å². The Balaban J connectivity index is 1.87. The predicted octanol–water partition coefficient (Wildman–Crippen LogP) is 7.14. The van der Waals surface area contributed by atoms with E-state index >= 15 is 0 Å². The second-order valence-electron chi connectivity index (χ2n) is 6.59. The second kappa shape index (κ2) is 7.55. The van der Waals surface area contributed by atoms with E-state index in [1.54, 1.807) is 29.5 Å². The molecule has 0 aliphatic carbocycles. The lowest BCUT2D eigenvalue weighted by molar-refractivity contribution is 0.102. The number of carbonyl (C=O) groups excluding carboxylic acids is 1. The summed E-state index contributed by atoms with van der Waals surface area (Å²) in [6.07, 6.45) is 0. The molecule has 6 heteroatoms. The minimum absolute atomic E-state index is 0.237. The highest BCUT2D eigenvalue weighted by Gasteiger charge is 2.17. The molecule has 4 rings (SSSR count). The number of anilines is 1. The number of hydrogen-bond acceptors (Lipinski definition) is 3. The first-order chi connectivity index (χ1) is 13.4. The van der Waals surface area contributed by atoms with Crippen LogP contribution in [0.15, 0.2) is 53.9 Å². The molecule has 0 atom stereocenters. The molecular formula is C22H16Cl2N2OS. The van der Waals surface area contributed by atoms with Gasteiger partial charge in [-0.25, -0.2) is 4.98 Å². The van der Waals surface area contributed by atoms with Crippen LogP contribution in [0.1, 0.15) is 21.5 Å². The predicted molar refractivity (Wildman–Crippen MR) is 119 cm³/mol. The Kier molecular flexibility index (Phi) is 5.11. The summed E-state index contributed by atoms with van der Waals surface area (Å²) in [5.74, 6) is -0.237. The Morgan fingerprint density at radius 2 is 1.89 bits per heavy atom. The zero-order chi connectivity index (χ0) is 19.8. The van der Waals surface area contributed by atoms with Crippen molar-refractivity contribution in [3.05, 3.63) is 80.6 Å². The van der Waals surface area contributed by atoms with E-state index in [0.717, 1.165) is 32.6 Å². The first-order valence-electron chi connectivity index (χ1n) is 8.64. The van der Waals surface area contributed by atoms with Crippen molar-refractivity contribution in [2.45, 2.75) is 13.8 Å². The summed E-state index contributed by atoms with van der Waals surface area (Å²) in [6.45, 7) is 4.02. The molecule has 0 bridgehead atoms. The molecular weight excluding hydrogens is 411 g/mol. The number of benzene rings is 2. The first kappa shape index (κ1) is 18.9. The van der Waals surface area contributed by atoms with E-state index in [1.807, 2.05) is 43.5 Å². The number of halogens is 2. The molecule has 2 aromatic heterocycles. The molecule has 2 aromatic carbocycles. The number of amides is 1. The standard InChI is InChI=1S/C22H16Cl2N2OS/c1-12-8-13(2)21-15(9-12)16(11-19(25-21)20-4-3-7-28-20)22(27)26-18-6-5-14(23)10-17(18)24/h3-11H,1-2H3,(H,26,27). The van der Waals surface area contributed by atoms with Gasteiger partial charge in [0, 0.05) is 10.4 Å². The number of nitrogens with one attached hydrogen (secondary N) is 1. The highest BCUT2D eigenvalue weighted by atomic mass is 35.5. The molecule has 0 saturated carbocycles. The number of aryl methyl sites for hydroxylation is 2. The highest BCUT2D eigenvalue weighted by molar-refractivity contribution is 7.13. The van der Waals surface area contributed by atoms with E-state index in [2.05, 4.69) is 11.4 Å². The molecule has 2 heterocycles. The molecule has 0 spiro atoms. The maximum atomic E-state index is 13.2. The van der Waals surface area contributed by atoms with Gasteiger partial charge in [-0.3, -0.25) is 4.79 Å². The zero-order valence-electron chi connectivity index (χ0n) is 15.2. The Bertz CT molecular complexity index is 1200. The zero-order valence-corrected chi connectivity index (χ0v) is 17.5. The number of nitrogens with zero attached hydrogens (tertiary/aromatic N) is 1. The van der Waals surface area contributed by atoms with E-state index in [-0.39, 0.29) is 5.91 Å². The number of aromatic nitrogens is 1. The van der Waals surface area contributed by atoms with Crippen LogP contribution in [-0.4, -0.2) is 10.9 Å². The van der Waals surface area contributed by atoms with E-state index in [9.17, 15) is 4.79 Å². The van der Waals surface area contributed by atoms with Crippen LogP contribution >= 0.6 is 34.5 Å². The van der Waals surface area contributed by atoms with Gasteiger partial charge < -0.3 is 5.32 Å². The summed E-state index contributed by atoms with van der Waals surface area (Å²) in [7, 11) is 0. The Morgan fingerprint density at radius 1 is 1.07 bits per heavy atom. The van der Waals surface area contributed by atoms with E-state index in [1.165, 1.54) is 0 Å². The van der Waals surface area contributed by atoms with Crippen LogP contribution in [0.2, 0.25) is 10.0 Å². The molecule has 140 valence electrons. The molecule has 4 aromatic rings. The average molecular weight is 427 g/mol. The molecule has 0 aliphatic heterocycles. The van der Waals surface area contributed by atoms with Crippen molar-refractivity contribution in [3.8, 4) is 10.6 Å². The number of thiophene rings is 1. The lowest BCUT2D eigenvalue weighted by atomic mass is 10.0. The fraction of sp³-hybridized carbons (Fsp3) is 0.0909. The highest BCUT2D eigenvalue weighted by Crippen LogP contribution is 2.31. The van der Waals surface area contributed by atoms with Crippen molar-refractivity contribution in [2.24, 2.45) is 0 Å². The summed E-state index contributed by atoms with van der Waals surface area (Å²) < 4.78 is 0. The minimum atomic E-state index is -0.237. The number of fused-ring (bicyclic) bond motifs is 1. The minimum Gasteiger partial charge on any atom is -0.321 e. The van der Waals surface area contributed by atoms with E-state index < -0.39 is 0 Å². The molecule has 3 nitrogen and oxygen atoms in total. The van der Waals surface area contributed by atoms with Crippen molar-refractivity contribution < 1.29 is 4.79 Å². The van der Waals surface area contributed by atoms with Gasteiger partial charge in [-0.05, 0) is 61.2 Å². The van der Waals surface area contributed by atoms with Crippen LogP contribution in [-0.2, 0) is 0 Å². The lowest BCUT2D eigenvalue weighted by Gasteiger charge is -2.13. The molecule has 0 fully saturated rings. The SMILES string of the molecule is Cc1cc(C)c2nc(-c3cccs3)cc(C(=O)Nc3ccc(Cl)cc3Cl)c2c1. The van der Waals surface area contributed by atoms with Gasteiger partial charge in [-0.15, -0.1) is 11.3 Å². The van der Waals surface area contributed by atoms with Crippen molar-refractivity contribution in [1.29, 1.82) is 0 Å². The summed E-state index contributed by atoms with van der Waals surface area (Å²) in [6, 6.07) is 14.9. The maximum absolute atomic E-state index is 13.2. The van der Waals surface area contributed by atoms with Gasteiger partial charge >= 0.3 is 0 Å². The van der Waals surface area contributed by atoms with E-state index in [4.69, 9.17) is 28.2 Å². The number of pyridine rings is 1. The smallest absolute Gasteiger partial charge is 0.256 e. The Hall–Kier alpha value is -2.40. The van der Waals surface area contributed by atoms with Crippen LogP contribution in [0.3, 0.4) is 0 Å². The van der Waals surface area contributed by atoms with Crippen molar-refractivity contribution >= 4 is 57.0 Å². The second-order valence-corrected chi connectivity index (χ2v) is 8.38. The van der Waals surface area contributed by atoms with Crippen LogP contribution in [0, 0.1) is 13.8 Å². The number of rotatable bonds is 3. The van der Waals surface area contributed by atoms with Crippen molar-refractivity contribution in [1.82, 2.24) is 4.98 Å². The van der Waals surface area contributed by atoms with E-state index in [0.29, 0.717) is 21.3 Å². The number of hydrogen-bond donors (Lipinski definition) is 1. The van der Waals surface area contributed by atoms with Crippen LogP contribution in [0.5, 0.6) is 0 Å². The van der Waals surface area contributed by atoms with Crippen molar-refractivity contribution in [2.75, 3.05) is 5.32 Å². The van der Waals surface area contributed by atoms with Gasteiger partial charge in [-0.1, -0.05) is 40.9 Å². The fourth-order valence-electron chi connectivity index (χ4n) is 3.20. The molecule has 0 saturated heterocycles. The first-order valence-corrected chi connectivity index (χ1v) is 10.3. The van der Waals surface area contributed by atoms with Gasteiger partial charge in [-0.2, -0.15) is 0 Å². The third-order valence-electron chi connectivity index (χ3n) is 4.45. The average Bonchev–Trinajstić information content (AvgIpc) is 3.18. The normalized spacial score (nSPS) is 11.0. The molecule has 1 amide bonds. The van der Waals surface area contributed by atoms with Gasteiger partial charge in [0.2, 0.25) is 0 Å².